The van der Waals surface area contributed by atoms with Gasteiger partial charge < -0.3 is 0 Å². The summed E-state index contributed by atoms with van der Waals surface area (Å²) in [5, 5.41) is 8.34. The number of allylic oxidation sites excluding steroid dienone is 1. The highest BCUT2D eigenvalue weighted by Gasteiger charge is 2.13. The summed E-state index contributed by atoms with van der Waals surface area (Å²) in [4.78, 5) is 0. The summed E-state index contributed by atoms with van der Waals surface area (Å²) in [6.07, 6.45) is 2.85. The zero-order chi connectivity index (χ0) is 17.9. The molecule has 0 saturated heterocycles. The van der Waals surface area contributed by atoms with E-state index in [1.807, 2.05) is 6.20 Å². The summed E-state index contributed by atoms with van der Waals surface area (Å²) in [6, 6.07) is 26.0. The minimum absolute atomic E-state index is 0.967. The second-order valence-corrected chi connectivity index (χ2v) is 7.50. The van der Waals surface area contributed by atoms with Gasteiger partial charge in [-0.15, -0.1) is 0 Å². The normalized spacial score (nSPS) is 12.2. The standard InChI is InChI=1S/C23H19IN2/c1-2-21(16-6-4-3-5-7-16)23(17-8-11-20(24)12-9-17)18-10-13-22-19(14-18)15-25-26-22/h3-15H,2H2,1H3,(H,25,26)/b23-21-. The van der Waals surface area contributed by atoms with Crippen LogP contribution in [0.4, 0.5) is 0 Å². The molecule has 1 aromatic heterocycles. The molecule has 4 aromatic rings. The maximum atomic E-state index is 4.17. The average molecular weight is 450 g/mol. The van der Waals surface area contributed by atoms with Crippen molar-refractivity contribution in [2.75, 3.05) is 0 Å². The summed E-state index contributed by atoms with van der Waals surface area (Å²) >= 11 is 2.35. The van der Waals surface area contributed by atoms with E-state index in [-0.39, 0.29) is 0 Å². The Kier molecular flexibility index (Phi) is 4.89. The van der Waals surface area contributed by atoms with Gasteiger partial charge in [-0.05, 0) is 81.1 Å². The van der Waals surface area contributed by atoms with Crippen molar-refractivity contribution in [1.82, 2.24) is 10.2 Å². The zero-order valence-electron chi connectivity index (χ0n) is 14.5. The molecule has 0 aliphatic carbocycles. The molecule has 0 atom stereocenters. The van der Waals surface area contributed by atoms with Gasteiger partial charge in [-0.25, -0.2) is 0 Å². The van der Waals surface area contributed by atoms with Gasteiger partial charge in [0.15, 0.2) is 0 Å². The maximum Gasteiger partial charge on any atom is 0.0650 e. The van der Waals surface area contributed by atoms with Crippen LogP contribution >= 0.6 is 22.6 Å². The van der Waals surface area contributed by atoms with Crippen LogP contribution in [0.3, 0.4) is 0 Å². The number of halogens is 1. The summed E-state index contributed by atoms with van der Waals surface area (Å²) < 4.78 is 1.24. The topological polar surface area (TPSA) is 28.7 Å². The number of nitrogens with zero attached hydrogens (tertiary/aromatic N) is 1. The molecule has 0 amide bonds. The smallest absolute Gasteiger partial charge is 0.0650 e. The zero-order valence-corrected chi connectivity index (χ0v) is 16.7. The van der Waals surface area contributed by atoms with E-state index in [1.165, 1.54) is 31.4 Å². The maximum absolute atomic E-state index is 4.17. The van der Waals surface area contributed by atoms with Crippen molar-refractivity contribution < 1.29 is 0 Å². The number of rotatable bonds is 4. The van der Waals surface area contributed by atoms with E-state index in [2.05, 4.69) is 113 Å². The highest BCUT2D eigenvalue weighted by molar-refractivity contribution is 14.1. The number of hydrogen-bond acceptors (Lipinski definition) is 1. The Bertz CT molecular complexity index is 1060. The number of nitrogens with one attached hydrogen (secondary N) is 1. The Balaban J connectivity index is 1.99. The van der Waals surface area contributed by atoms with Gasteiger partial charge in [-0.3, -0.25) is 5.10 Å². The van der Waals surface area contributed by atoms with Crippen molar-refractivity contribution in [2.45, 2.75) is 13.3 Å². The molecule has 3 aromatic carbocycles. The van der Waals surface area contributed by atoms with Crippen LogP contribution in [0.2, 0.25) is 0 Å². The van der Waals surface area contributed by atoms with Gasteiger partial charge in [0.2, 0.25) is 0 Å². The fourth-order valence-electron chi connectivity index (χ4n) is 3.39. The molecule has 0 saturated carbocycles. The molecular weight excluding hydrogens is 431 g/mol. The summed E-state index contributed by atoms with van der Waals surface area (Å²) in [5.74, 6) is 0. The highest BCUT2D eigenvalue weighted by Crippen LogP contribution is 2.35. The van der Waals surface area contributed by atoms with Gasteiger partial charge in [0, 0.05) is 8.96 Å². The first kappa shape index (κ1) is 17.0. The highest BCUT2D eigenvalue weighted by atomic mass is 127. The molecule has 0 aliphatic rings. The van der Waals surface area contributed by atoms with Gasteiger partial charge in [0.05, 0.1) is 11.7 Å². The Morgan fingerprint density at radius 3 is 2.35 bits per heavy atom. The third-order valence-corrected chi connectivity index (χ3v) is 5.36. The third kappa shape index (κ3) is 3.31. The predicted octanol–water partition coefficient (Wildman–Crippen LogP) is 6.54. The Hall–Kier alpha value is -2.40. The van der Waals surface area contributed by atoms with Crippen molar-refractivity contribution in [3.8, 4) is 0 Å². The monoisotopic (exact) mass is 450 g/mol. The van der Waals surface area contributed by atoms with E-state index < -0.39 is 0 Å². The first-order valence-corrected chi connectivity index (χ1v) is 9.82. The molecule has 26 heavy (non-hydrogen) atoms. The van der Waals surface area contributed by atoms with E-state index in [1.54, 1.807) is 0 Å². The van der Waals surface area contributed by atoms with E-state index in [4.69, 9.17) is 0 Å². The van der Waals surface area contributed by atoms with Crippen molar-refractivity contribution in [3.63, 3.8) is 0 Å². The lowest BCUT2D eigenvalue weighted by molar-refractivity contribution is 1.12. The predicted molar refractivity (Wildman–Crippen MR) is 118 cm³/mol. The van der Waals surface area contributed by atoms with E-state index >= 15 is 0 Å². The average Bonchev–Trinajstić information content (AvgIpc) is 3.15. The third-order valence-electron chi connectivity index (χ3n) is 4.64. The Labute approximate surface area is 167 Å². The number of fused-ring (bicyclic) bond motifs is 1. The molecule has 0 aliphatic heterocycles. The molecule has 0 unspecified atom stereocenters. The molecule has 4 rings (SSSR count). The SMILES string of the molecule is CC/C(=C(\c1ccc(I)cc1)c1ccc2[nH]ncc2c1)c1ccccc1. The summed E-state index contributed by atoms with van der Waals surface area (Å²) in [6.45, 7) is 2.23. The summed E-state index contributed by atoms with van der Waals surface area (Å²) in [7, 11) is 0. The van der Waals surface area contributed by atoms with Gasteiger partial charge in [-0.2, -0.15) is 5.10 Å². The second-order valence-electron chi connectivity index (χ2n) is 6.25. The van der Waals surface area contributed by atoms with Gasteiger partial charge >= 0.3 is 0 Å². The molecule has 0 spiro atoms. The van der Waals surface area contributed by atoms with Crippen LogP contribution in [0.5, 0.6) is 0 Å². The van der Waals surface area contributed by atoms with Gasteiger partial charge in [-0.1, -0.05) is 55.5 Å². The Morgan fingerprint density at radius 2 is 1.62 bits per heavy atom. The van der Waals surface area contributed by atoms with Crippen LogP contribution in [0.15, 0.2) is 79.0 Å². The fourth-order valence-corrected chi connectivity index (χ4v) is 3.75. The van der Waals surface area contributed by atoms with Crippen molar-refractivity contribution in [2.24, 2.45) is 0 Å². The second kappa shape index (κ2) is 7.46. The summed E-state index contributed by atoms with van der Waals surface area (Å²) in [5.41, 5.74) is 7.45. The first-order valence-electron chi connectivity index (χ1n) is 8.74. The lowest BCUT2D eigenvalue weighted by atomic mass is 9.88. The van der Waals surface area contributed by atoms with Gasteiger partial charge in [0.1, 0.15) is 0 Å². The number of aromatic amines is 1. The lowest BCUT2D eigenvalue weighted by Gasteiger charge is -2.16. The van der Waals surface area contributed by atoms with Crippen LogP contribution in [0, 0.1) is 3.57 Å². The van der Waals surface area contributed by atoms with Crippen molar-refractivity contribution in [3.05, 3.63) is 99.3 Å². The van der Waals surface area contributed by atoms with Crippen LogP contribution in [-0.2, 0) is 0 Å². The molecule has 1 heterocycles. The number of H-pyrrole nitrogens is 1. The van der Waals surface area contributed by atoms with Crippen LogP contribution < -0.4 is 0 Å². The Morgan fingerprint density at radius 1 is 0.885 bits per heavy atom. The van der Waals surface area contributed by atoms with Crippen LogP contribution in [-0.4, -0.2) is 10.2 Å². The molecule has 0 fully saturated rings. The largest absolute Gasteiger partial charge is 0.278 e. The van der Waals surface area contributed by atoms with Crippen molar-refractivity contribution in [1.29, 1.82) is 0 Å². The van der Waals surface area contributed by atoms with Gasteiger partial charge in [0.25, 0.3) is 0 Å². The van der Waals surface area contributed by atoms with E-state index in [0.717, 1.165) is 17.3 Å². The minimum atomic E-state index is 0.967. The number of aromatic nitrogens is 2. The number of benzene rings is 3. The molecule has 0 radical (unpaired) electrons. The molecule has 3 heteroatoms. The molecule has 1 N–H and O–H groups in total. The van der Waals surface area contributed by atoms with E-state index in [9.17, 15) is 0 Å². The first-order chi connectivity index (χ1) is 12.8. The van der Waals surface area contributed by atoms with E-state index in [0.29, 0.717) is 0 Å². The quantitative estimate of drug-likeness (QED) is 0.278. The van der Waals surface area contributed by atoms with Crippen LogP contribution in [0.25, 0.3) is 22.0 Å². The van der Waals surface area contributed by atoms with Crippen LogP contribution in [0.1, 0.15) is 30.0 Å². The molecular formula is C23H19IN2. The lowest BCUT2D eigenvalue weighted by Crippen LogP contribution is -1.95. The molecule has 2 nitrogen and oxygen atoms in total. The van der Waals surface area contributed by atoms with Crippen molar-refractivity contribution >= 4 is 44.6 Å². The number of hydrogen-bond donors (Lipinski definition) is 1. The molecule has 128 valence electrons. The molecule has 0 bridgehead atoms. The minimum Gasteiger partial charge on any atom is -0.278 e. The fraction of sp³-hybridized carbons (Fsp3) is 0.0870.